The zero-order valence-corrected chi connectivity index (χ0v) is 16.2. The summed E-state index contributed by atoms with van der Waals surface area (Å²) in [5.41, 5.74) is 1.14. The Morgan fingerprint density at radius 1 is 1.10 bits per heavy atom. The number of hydrogen-bond acceptors (Lipinski definition) is 4. The topological polar surface area (TPSA) is 64.6 Å². The summed E-state index contributed by atoms with van der Waals surface area (Å²) in [6.45, 7) is 0.0883. The van der Waals surface area contributed by atoms with Crippen LogP contribution in [0.25, 0.3) is 0 Å². The second-order valence-electron chi connectivity index (χ2n) is 6.06. The highest BCUT2D eigenvalue weighted by Gasteiger charge is 2.17. The van der Waals surface area contributed by atoms with E-state index in [2.05, 4.69) is 5.32 Å². The first-order valence-corrected chi connectivity index (χ1v) is 9.02. The van der Waals surface area contributed by atoms with Crippen molar-refractivity contribution in [2.75, 3.05) is 7.11 Å². The molecular weight excluding hydrogens is 397 g/mol. The fraction of sp³-hybridized carbons (Fsp3) is 0.0909. The first-order chi connectivity index (χ1) is 14.0. The molecule has 0 unspecified atom stereocenters. The second kappa shape index (κ2) is 9.21. The van der Waals surface area contributed by atoms with E-state index in [-0.39, 0.29) is 28.6 Å². The fourth-order valence-corrected chi connectivity index (χ4v) is 2.93. The maximum atomic E-state index is 13.8. The van der Waals surface area contributed by atoms with E-state index >= 15 is 0 Å². The van der Waals surface area contributed by atoms with Crippen LogP contribution in [0.1, 0.15) is 26.3 Å². The van der Waals surface area contributed by atoms with Gasteiger partial charge in [-0.15, -0.1) is 0 Å². The SMILES string of the molecule is COc1ccc(CNC(=O)c2c(Cl)cccc2Oc2cccc(C=O)c2)cc1F. The molecular formula is C22H17ClFNO4. The molecule has 0 radical (unpaired) electrons. The summed E-state index contributed by atoms with van der Waals surface area (Å²) in [6, 6.07) is 15.8. The molecule has 0 aliphatic heterocycles. The first-order valence-electron chi connectivity index (χ1n) is 8.64. The number of nitrogens with one attached hydrogen (secondary N) is 1. The second-order valence-corrected chi connectivity index (χ2v) is 6.46. The molecule has 0 aliphatic rings. The van der Waals surface area contributed by atoms with Crippen LogP contribution in [-0.2, 0) is 6.54 Å². The summed E-state index contributed by atoms with van der Waals surface area (Å²) < 4.78 is 24.5. The number of hydrogen-bond donors (Lipinski definition) is 1. The van der Waals surface area contributed by atoms with Crippen molar-refractivity contribution in [3.05, 3.63) is 88.2 Å². The van der Waals surface area contributed by atoms with Crippen LogP contribution in [0.4, 0.5) is 4.39 Å². The number of carbonyl (C=O) groups is 2. The molecule has 29 heavy (non-hydrogen) atoms. The van der Waals surface area contributed by atoms with Gasteiger partial charge in [0.2, 0.25) is 0 Å². The molecule has 1 N–H and O–H groups in total. The van der Waals surface area contributed by atoms with Crippen LogP contribution in [0.3, 0.4) is 0 Å². The van der Waals surface area contributed by atoms with Crippen LogP contribution in [0.15, 0.2) is 60.7 Å². The Morgan fingerprint density at radius 2 is 1.90 bits per heavy atom. The molecule has 0 atom stereocenters. The van der Waals surface area contributed by atoms with Crippen molar-refractivity contribution in [2.45, 2.75) is 6.54 Å². The summed E-state index contributed by atoms with van der Waals surface area (Å²) in [7, 11) is 1.38. The van der Waals surface area contributed by atoms with Gasteiger partial charge >= 0.3 is 0 Å². The van der Waals surface area contributed by atoms with Gasteiger partial charge in [-0.05, 0) is 42.0 Å². The lowest BCUT2D eigenvalue weighted by molar-refractivity contribution is 0.0948. The minimum Gasteiger partial charge on any atom is -0.494 e. The summed E-state index contributed by atoms with van der Waals surface area (Å²) in [6.07, 6.45) is 0.701. The third kappa shape index (κ3) is 4.92. The number of halogens is 2. The monoisotopic (exact) mass is 413 g/mol. The van der Waals surface area contributed by atoms with Gasteiger partial charge in [-0.2, -0.15) is 0 Å². The van der Waals surface area contributed by atoms with E-state index in [0.29, 0.717) is 23.2 Å². The van der Waals surface area contributed by atoms with E-state index in [4.69, 9.17) is 21.1 Å². The summed E-state index contributed by atoms with van der Waals surface area (Å²) in [5, 5.41) is 2.90. The number of methoxy groups -OCH3 is 1. The summed E-state index contributed by atoms with van der Waals surface area (Å²) in [4.78, 5) is 23.7. The predicted molar refractivity (Wildman–Crippen MR) is 107 cm³/mol. The number of benzene rings is 3. The predicted octanol–water partition coefficient (Wildman–Crippen LogP) is 5.02. The quantitative estimate of drug-likeness (QED) is 0.552. The fourth-order valence-electron chi connectivity index (χ4n) is 2.68. The maximum absolute atomic E-state index is 13.8. The lowest BCUT2D eigenvalue weighted by Gasteiger charge is -2.13. The van der Waals surface area contributed by atoms with Crippen molar-refractivity contribution in [2.24, 2.45) is 0 Å². The Labute approximate surface area is 172 Å². The zero-order valence-electron chi connectivity index (χ0n) is 15.4. The van der Waals surface area contributed by atoms with Crippen LogP contribution < -0.4 is 14.8 Å². The number of rotatable bonds is 7. The van der Waals surface area contributed by atoms with E-state index in [1.807, 2.05) is 0 Å². The minimum absolute atomic E-state index is 0.0883. The number of aldehydes is 1. The average Bonchev–Trinajstić information content (AvgIpc) is 2.72. The smallest absolute Gasteiger partial charge is 0.256 e. The van der Waals surface area contributed by atoms with E-state index < -0.39 is 11.7 Å². The minimum atomic E-state index is -0.518. The third-order valence-electron chi connectivity index (χ3n) is 4.09. The van der Waals surface area contributed by atoms with Gasteiger partial charge in [0, 0.05) is 12.1 Å². The highest BCUT2D eigenvalue weighted by Crippen LogP contribution is 2.31. The molecule has 0 aliphatic carbocycles. The van der Waals surface area contributed by atoms with E-state index in [9.17, 15) is 14.0 Å². The molecule has 3 aromatic carbocycles. The zero-order chi connectivity index (χ0) is 20.8. The van der Waals surface area contributed by atoms with Crippen molar-refractivity contribution in [3.8, 4) is 17.2 Å². The van der Waals surface area contributed by atoms with Gasteiger partial charge in [0.15, 0.2) is 11.6 Å². The van der Waals surface area contributed by atoms with Gasteiger partial charge < -0.3 is 14.8 Å². The van der Waals surface area contributed by atoms with Gasteiger partial charge in [-0.3, -0.25) is 9.59 Å². The van der Waals surface area contributed by atoms with Crippen molar-refractivity contribution < 1.29 is 23.5 Å². The van der Waals surface area contributed by atoms with E-state index in [1.165, 1.54) is 19.2 Å². The van der Waals surface area contributed by atoms with Crippen molar-refractivity contribution in [1.29, 1.82) is 0 Å². The van der Waals surface area contributed by atoms with Gasteiger partial charge in [-0.25, -0.2) is 4.39 Å². The van der Waals surface area contributed by atoms with Gasteiger partial charge in [0.25, 0.3) is 5.91 Å². The van der Waals surface area contributed by atoms with Crippen molar-refractivity contribution >= 4 is 23.8 Å². The molecule has 0 saturated heterocycles. The molecule has 5 nitrogen and oxygen atoms in total. The first kappa shape index (κ1) is 20.4. The van der Waals surface area contributed by atoms with Gasteiger partial charge in [-0.1, -0.05) is 35.9 Å². The number of ether oxygens (including phenoxy) is 2. The Bertz CT molecular complexity index is 1050. The lowest BCUT2D eigenvalue weighted by Crippen LogP contribution is -2.23. The normalized spacial score (nSPS) is 10.3. The number of carbonyl (C=O) groups excluding carboxylic acids is 2. The Morgan fingerprint density at radius 3 is 2.62 bits per heavy atom. The van der Waals surface area contributed by atoms with Crippen LogP contribution in [-0.4, -0.2) is 19.3 Å². The molecule has 0 heterocycles. The largest absolute Gasteiger partial charge is 0.494 e. The van der Waals surface area contributed by atoms with Crippen molar-refractivity contribution in [3.63, 3.8) is 0 Å². The van der Waals surface area contributed by atoms with E-state index in [1.54, 1.807) is 48.5 Å². The Kier molecular flexibility index (Phi) is 6.46. The van der Waals surface area contributed by atoms with Crippen molar-refractivity contribution in [1.82, 2.24) is 5.32 Å². The van der Waals surface area contributed by atoms with Crippen LogP contribution in [0.5, 0.6) is 17.2 Å². The maximum Gasteiger partial charge on any atom is 0.256 e. The van der Waals surface area contributed by atoms with Gasteiger partial charge in [0.1, 0.15) is 23.3 Å². The highest BCUT2D eigenvalue weighted by atomic mass is 35.5. The highest BCUT2D eigenvalue weighted by molar-refractivity contribution is 6.34. The summed E-state index contributed by atoms with van der Waals surface area (Å²) in [5.74, 6) is -0.244. The molecule has 0 fully saturated rings. The molecule has 0 bridgehead atoms. The molecule has 3 rings (SSSR count). The van der Waals surface area contributed by atoms with Crippen LogP contribution in [0, 0.1) is 5.82 Å². The lowest BCUT2D eigenvalue weighted by atomic mass is 10.1. The number of amides is 1. The van der Waals surface area contributed by atoms with Crippen LogP contribution >= 0.6 is 11.6 Å². The Hall–Kier alpha value is -3.38. The molecule has 3 aromatic rings. The summed E-state index contributed by atoms with van der Waals surface area (Å²) >= 11 is 6.22. The standard InChI is InChI=1S/C22H17ClFNO4/c1-28-19-9-8-14(11-18(19)24)12-25-22(27)21-17(23)6-3-7-20(21)29-16-5-2-4-15(10-16)13-26/h2-11,13H,12H2,1H3,(H,25,27). The molecule has 0 saturated carbocycles. The molecule has 1 amide bonds. The van der Waals surface area contributed by atoms with E-state index in [0.717, 1.165) is 0 Å². The molecule has 0 spiro atoms. The van der Waals surface area contributed by atoms with Gasteiger partial charge in [0.05, 0.1) is 12.1 Å². The third-order valence-corrected chi connectivity index (χ3v) is 4.41. The molecule has 148 valence electrons. The molecule has 0 aromatic heterocycles. The average molecular weight is 414 g/mol. The molecule has 7 heteroatoms. The Balaban J connectivity index is 1.79. The van der Waals surface area contributed by atoms with Crippen LogP contribution in [0.2, 0.25) is 5.02 Å².